The van der Waals surface area contributed by atoms with Gasteiger partial charge < -0.3 is 15.0 Å². The van der Waals surface area contributed by atoms with E-state index in [4.69, 9.17) is 15.0 Å². The Morgan fingerprint density at radius 3 is 2.29 bits per heavy atom. The molecule has 4 nitrogen and oxygen atoms in total. The second kappa shape index (κ2) is 4.99. The lowest BCUT2D eigenvalue weighted by atomic mass is 10.3. The second-order valence-corrected chi connectivity index (χ2v) is 4.33. The smallest absolute Gasteiger partial charge is 0.186 e. The van der Waals surface area contributed by atoms with Gasteiger partial charge in [-0.3, -0.25) is 0 Å². The fourth-order valence-electron chi connectivity index (χ4n) is 1.32. The molecule has 0 aliphatic heterocycles. The highest BCUT2D eigenvalue weighted by atomic mass is 32.2. The van der Waals surface area contributed by atoms with E-state index in [1.807, 2.05) is 12.1 Å². The number of ether oxygens (including phenoxy) is 1. The molecule has 0 heterocycles. The lowest BCUT2D eigenvalue weighted by Crippen LogP contribution is -1.92. The number of hydrogen-bond donors (Lipinski definition) is 2. The number of anilines is 1. The summed E-state index contributed by atoms with van der Waals surface area (Å²) in [6.07, 6.45) is 0. The Hall–Kier alpha value is -1.85. The zero-order valence-corrected chi connectivity index (χ0v) is 9.68. The maximum absolute atomic E-state index is 10.8. The molecule has 0 saturated carbocycles. The molecule has 2 aromatic carbocycles. The van der Waals surface area contributed by atoms with Gasteiger partial charge in [-0.2, -0.15) is 0 Å². The average molecular weight is 249 g/mol. The summed E-state index contributed by atoms with van der Waals surface area (Å²) >= 11 is -1.97. The van der Waals surface area contributed by atoms with E-state index in [1.165, 1.54) is 12.1 Å². The van der Waals surface area contributed by atoms with Crippen molar-refractivity contribution in [2.45, 2.75) is 4.90 Å². The Bertz CT molecular complexity index is 540. The molecule has 17 heavy (non-hydrogen) atoms. The minimum Gasteiger partial charge on any atom is -0.455 e. The first-order chi connectivity index (χ1) is 8.16. The van der Waals surface area contributed by atoms with Crippen molar-refractivity contribution < 1.29 is 13.5 Å². The Labute approximate surface area is 101 Å². The van der Waals surface area contributed by atoms with E-state index in [0.29, 0.717) is 22.1 Å². The summed E-state index contributed by atoms with van der Waals surface area (Å²) in [6, 6.07) is 13.4. The Balaban J connectivity index is 2.20. The summed E-state index contributed by atoms with van der Waals surface area (Å²) in [5.41, 5.74) is 6.28. The summed E-state index contributed by atoms with van der Waals surface area (Å²) < 4.78 is 25.2. The number of nitrogen functional groups attached to an aromatic ring is 1. The van der Waals surface area contributed by atoms with Crippen LogP contribution in [0.1, 0.15) is 0 Å². The van der Waals surface area contributed by atoms with Gasteiger partial charge in [-0.05, 0) is 36.4 Å². The highest BCUT2D eigenvalue weighted by Gasteiger charge is 2.03. The first-order valence-corrected chi connectivity index (χ1v) is 6.01. The summed E-state index contributed by atoms with van der Waals surface area (Å²) in [4.78, 5) is 0.332. The molecular weight excluding hydrogens is 238 g/mol. The molecule has 88 valence electrons. The zero-order valence-electron chi connectivity index (χ0n) is 8.87. The van der Waals surface area contributed by atoms with E-state index in [-0.39, 0.29) is 0 Å². The Morgan fingerprint density at radius 2 is 1.71 bits per heavy atom. The molecule has 1 atom stereocenters. The van der Waals surface area contributed by atoms with Crippen molar-refractivity contribution in [2.75, 3.05) is 5.73 Å². The van der Waals surface area contributed by atoms with Crippen molar-refractivity contribution >= 4 is 16.8 Å². The minimum atomic E-state index is -1.97. The molecule has 0 amide bonds. The predicted molar refractivity (Wildman–Crippen MR) is 66.4 cm³/mol. The topological polar surface area (TPSA) is 72.5 Å². The van der Waals surface area contributed by atoms with Crippen molar-refractivity contribution in [2.24, 2.45) is 0 Å². The Morgan fingerprint density at radius 1 is 1.06 bits per heavy atom. The van der Waals surface area contributed by atoms with Crippen LogP contribution < -0.4 is 10.5 Å². The van der Waals surface area contributed by atoms with Gasteiger partial charge in [0.1, 0.15) is 11.5 Å². The predicted octanol–water partition coefficient (Wildman–Crippen LogP) is 2.64. The molecule has 1 unspecified atom stereocenters. The molecule has 5 heteroatoms. The van der Waals surface area contributed by atoms with Crippen LogP contribution in [0.25, 0.3) is 0 Å². The first-order valence-electron chi connectivity index (χ1n) is 4.90. The molecule has 2 aromatic rings. The number of nitrogens with two attached hydrogens (primary N) is 1. The van der Waals surface area contributed by atoms with Crippen LogP contribution in [0.3, 0.4) is 0 Å². The second-order valence-electron chi connectivity index (χ2n) is 3.36. The minimum absolute atomic E-state index is 0.332. The largest absolute Gasteiger partial charge is 0.455 e. The van der Waals surface area contributed by atoms with E-state index in [1.54, 1.807) is 24.3 Å². The monoisotopic (exact) mass is 249 g/mol. The molecule has 0 fully saturated rings. The third kappa shape index (κ3) is 2.83. The van der Waals surface area contributed by atoms with E-state index < -0.39 is 11.1 Å². The van der Waals surface area contributed by atoms with Gasteiger partial charge in [-0.15, -0.1) is 0 Å². The fraction of sp³-hybridized carbons (Fsp3) is 0. The van der Waals surface area contributed by atoms with Crippen molar-refractivity contribution in [1.29, 1.82) is 0 Å². The normalized spacial score (nSPS) is 12.1. The highest BCUT2D eigenvalue weighted by Crippen LogP contribution is 2.27. The molecule has 3 N–H and O–H groups in total. The van der Waals surface area contributed by atoms with Gasteiger partial charge in [0.15, 0.2) is 11.1 Å². The fourth-order valence-corrected chi connectivity index (χ4v) is 1.69. The SMILES string of the molecule is Nc1ccccc1Oc1ccc(S(=O)O)cc1. The van der Waals surface area contributed by atoms with E-state index in [9.17, 15) is 4.21 Å². The Kier molecular flexibility index (Phi) is 3.41. The third-order valence-corrected chi connectivity index (χ3v) is 2.85. The van der Waals surface area contributed by atoms with Crippen LogP contribution in [-0.4, -0.2) is 8.76 Å². The van der Waals surface area contributed by atoms with Crippen molar-refractivity contribution in [3.63, 3.8) is 0 Å². The maximum atomic E-state index is 10.8. The zero-order chi connectivity index (χ0) is 12.3. The van der Waals surface area contributed by atoms with Crippen LogP contribution in [0, 0.1) is 0 Å². The lowest BCUT2D eigenvalue weighted by molar-refractivity contribution is 0.484. The van der Waals surface area contributed by atoms with E-state index >= 15 is 0 Å². The highest BCUT2D eigenvalue weighted by molar-refractivity contribution is 7.79. The van der Waals surface area contributed by atoms with Gasteiger partial charge in [0, 0.05) is 0 Å². The van der Waals surface area contributed by atoms with E-state index in [2.05, 4.69) is 0 Å². The molecule has 0 aliphatic rings. The van der Waals surface area contributed by atoms with Crippen LogP contribution in [0.15, 0.2) is 53.4 Å². The average Bonchev–Trinajstić information content (AvgIpc) is 2.33. The molecular formula is C12H11NO3S. The number of hydrogen-bond acceptors (Lipinski definition) is 3. The van der Waals surface area contributed by atoms with Crippen LogP contribution in [0.5, 0.6) is 11.5 Å². The van der Waals surface area contributed by atoms with Gasteiger partial charge in [0.05, 0.1) is 10.6 Å². The van der Waals surface area contributed by atoms with Crippen LogP contribution >= 0.6 is 0 Å². The summed E-state index contributed by atoms with van der Waals surface area (Å²) in [5.74, 6) is 1.13. The van der Waals surface area contributed by atoms with Gasteiger partial charge in [-0.1, -0.05) is 12.1 Å². The van der Waals surface area contributed by atoms with Gasteiger partial charge in [0.25, 0.3) is 0 Å². The van der Waals surface area contributed by atoms with Crippen molar-refractivity contribution in [1.82, 2.24) is 0 Å². The molecule has 0 bridgehead atoms. The first kappa shape index (κ1) is 11.6. The van der Waals surface area contributed by atoms with Crippen LogP contribution in [0.2, 0.25) is 0 Å². The maximum Gasteiger partial charge on any atom is 0.186 e. The quantitative estimate of drug-likeness (QED) is 0.648. The van der Waals surface area contributed by atoms with Crippen molar-refractivity contribution in [3.05, 3.63) is 48.5 Å². The van der Waals surface area contributed by atoms with Gasteiger partial charge in [0.2, 0.25) is 0 Å². The summed E-state index contributed by atoms with van der Waals surface area (Å²) in [6.45, 7) is 0. The summed E-state index contributed by atoms with van der Waals surface area (Å²) in [5, 5.41) is 0. The number of benzene rings is 2. The summed E-state index contributed by atoms with van der Waals surface area (Å²) in [7, 11) is 0. The lowest BCUT2D eigenvalue weighted by Gasteiger charge is -2.07. The van der Waals surface area contributed by atoms with Gasteiger partial charge >= 0.3 is 0 Å². The molecule has 2 rings (SSSR count). The molecule has 0 spiro atoms. The molecule has 0 aliphatic carbocycles. The van der Waals surface area contributed by atoms with Crippen LogP contribution in [-0.2, 0) is 11.1 Å². The standard InChI is InChI=1S/C12H11NO3S/c13-11-3-1-2-4-12(11)16-9-5-7-10(8-6-9)17(14)15/h1-8H,13H2,(H,14,15). The third-order valence-electron chi connectivity index (χ3n) is 2.17. The van der Waals surface area contributed by atoms with Gasteiger partial charge in [-0.25, -0.2) is 4.21 Å². The van der Waals surface area contributed by atoms with Crippen molar-refractivity contribution in [3.8, 4) is 11.5 Å². The molecule has 0 saturated heterocycles. The molecule has 0 radical (unpaired) electrons. The number of para-hydroxylation sites is 2. The number of rotatable bonds is 3. The van der Waals surface area contributed by atoms with E-state index in [0.717, 1.165) is 0 Å². The van der Waals surface area contributed by atoms with Crippen LogP contribution in [0.4, 0.5) is 5.69 Å². The molecule has 0 aromatic heterocycles.